The summed E-state index contributed by atoms with van der Waals surface area (Å²) in [6.45, 7) is 1.01. The van der Waals surface area contributed by atoms with Crippen LogP contribution in [0.25, 0.3) is 0 Å². The van der Waals surface area contributed by atoms with Crippen LogP contribution in [0.3, 0.4) is 0 Å². The van der Waals surface area contributed by atoms with Crippen LogP contribution in [0.1, 0.15) is 5.56 Å². The number of nitrogens with zero attached hydrogens (tertiary/aromatic N) is 2. The van der Waals surface area contributed by atoms with Crippen molar-refractivity contribution < 1.29 is 4.74 Å². The van der Waals surface area contributed by atoms with E-state index < -0.39 is 0 Å². The Kier molecular flexibility index (Phi) is 3.95. The topological polar surface area (TPSA) is 47.0 Å². The molecule has 4 nitrogen and oxygen atoms in total. The monoisotopic (exact) mass is 245 g/mol. The fraction of sp³-hybridized carbons (Fsp3) is 0.167. The number of benzene rings is 1. The standard InChI is InChI=1S/C12H11N3OS/c1-2-7-16-11-5-3-10(4-6-11)8-13-12-15-14-9-17-12/h1,3-6,9H,7-8H2,(H,13,15). The van der Waals surface area contributed by atoms with Gasteiger partial charge in [0.25, 0.3) is 0 Å². The van der Waals surface area contributed by atoms with Crippen LogP contribution in [0.5, 0.6) is 5.75 Å². The maximum Gasteiger partial charge on any atom is 0.205 e. The third-order valence-electron chi connectivity index (χ3n) is 2.05. The molecule has 17 heavy (non-hydrogen) atoms. The van der Waals surface area contributed by atoms with E-state index in [1.807, 2.05) is 24.3 Å². The fourth-order valence-electron chi connectivity index (χ4n) is 1.26. The van der Waals surface area contributed by atoms with Gasteiger partial charge in [-0.25, -0.2) is 0 Å². The lowest BCUT2D eigenvalue weighted by atomic mass is 10.2. The Morgan fingerprint density at radius 3 is 2.82 bits per heavy atom. The second-order valence-electron chi connectivity index (χ2n) is 3.23. The number of nitrogens with one attached hydrogen (secondary N) is 1. The normalized spacial score (nSPS) is 9.59. The highest BCUT2D eigenvalue weighted by Gasteiger charge is 1.97. The van der Waals surface area contributed by atoms with Crippen LogP contribution in [-0.4, -0.2) is 16.8 Å². The molecule has 0 fully saturated rings. The van der Waals surface area contributed by atoms with E-state index in [9.17, 15) is 0 Å². The zero-order valence-corrected chi connectivity index (χ0v) is 9.91. The Labute approximate surface area is 104 Å². The number of ether oxygens (including phenoxy) is 1. The van der Waals surface area contributed by atoms with Gasteiger partial charge >= 0.3 is 0 Å². The molecule has 0 saturated heterocycles. The van der Waals surface area contributed by atoms with Crippen LogP contribution in [0.2, 0.25) is 0 Å². The number of rotatable bonds is 5. The highest BCUT2D eigenvalue weighted by atomic mass is 32.1. The molecule has 2 aromatic rings. The molecule has 2 rings (SSSR count). The zero-order valence-electron chi connectivity index (χ0n) is 9.09. The first-order chi connectivity index (χ1) is 8.38. The lowest BCUT2D eigenvalue weighted by Gasteiger charge is -2.05. The molecule has 1 N–H and O–H groups in total. The summed E-state index contributed by atoms with van der Waals surface area (Å²) in [6.07, 6.45) is 5.11. The quantitative estimate of drug-likeness (QED) is 0.820. The zero-order chi connectivity index (χ0) is 11.9. The summed E-state index contributed by atoms with van der Waals surface area (Å²) >= 11 is 1.48. The van der Waals surface area contributed by atoms with Crippen molar-refractivity contribution in [2.45, 2.75) is 6.54 Å². The fourth-order valence-corrected chi connectivity index (χ4v) is 1.70. The summed E-state index contributed by atoms with van der Waals surface area (Å²) in [5, 5.41) is 11.6. The third kappa shape index (κ3) is 3.47. The van der Waals surface area contributed by atoms with E-state index in [2.05, 4.69) is 21.4 Å². The van der Waals surface area contributed by atoms with Gasteiger partial charge in [-0.15, -0.1) is 16.6 Å². The first kappa shape index (κ1) is 11.4. The maximum absolute atomic E-state index is 5.28. The van der Waals surface area contributed by atoms with Crippen molar-refractivity contribution >= 4 is 16.5 Å². The van der Waals surface area contributed by atoms with Gasteiger partial charge in [0.2, 0.25) is 5.13 Å². The second-order valence-corrected chi connectivity index (χ2v) is 4.07. The van der Waals surface area contributed by atoms with Gasteiger partial charge in [-0.1, -0.05) is 29.4 Å². The molecule has 1 aromatic heterocycles. The number of anilines is 1. The van der Waals surface area contributed by atoms with E-state index in [0.717, 1.165) is 16.4 Å². The van der Waals surface area contributed by atoms with Crippen molar-refractivity contribution in [2.24, 2.45) is 0 Å². The van der Waals surface area contributed by atoms with Gasteiger partial charge in [0.05, 0.1) is 0 Å². The minimum absolute atomic E-state index is 0.294. The van der Waals surface area contributed by atoms with Gasteiger partial charge < -0.3 is 10.1 Å². The third-order valence-corrected chi connectivity index (χ3v) is 2.70. The lowest BCUT2D eigenvalue weighted by Crippen LogP contribution is -1.99. The summed E-state index contributed by atoms with van der Waals surface area (Å²) < 4.78 is 5.28. The van der Waals surface area contributed by atoms with E-state index in [1.165, 1.54) is 11.3 Å². The van der Waals surface area contributed by atoms with Crippen molar-refractivity contribution in [3.63, 3.8) is 0 Å². The predicted molar refractivity (Wildman–Crippen MR) is 68.0 cm³/mol. The Balaban J connectivity index is 1.88. The van der Waals surface area contributed by atoms with Crippen molar-refractivity contribution in [2.75, 3.05) is 11.9 Å². The highest BCUT2D eigenvalue weighted by molar-refractivity contribution is 7.13. The van der Waals surface area contributed by atoms with Gasteiger partial charge in [-0.2, -0.15) is 0 Å². The smallest absolute Gasteiger partial charge is 0.205 e. The largest absolute Gasteiger partial charge is 0.481 e. The first-order valence-electron chi connectivity index (χ1n) is 5.04. The summed E-state index contributed by atoms with van der Waals surface area (Å²) in [6, 6.07) is 7.77. The van der Waals surface area contributed by atoms with Gasteiger partial charge in [-0.05, 0) is 17.7 Å². The SMILES string of the molecule is C#CCOc1ccc(CNc2nncs2)cc1. The number of hydrogen-bond donors (Lipinski definition) is 1. The molecule has 0 spiro atoms. The average Bonchev–Trinajstić information content (AvgIpc) is 2.88. The molecule has 0 saturated carbocycles. The number of terminal acetylenes is 1. The van der Waals surface area contributed by atoms with Gasteiger partial charge in [0.15, 0.2) is 0 Å². The number of aromatic nitrogens is 2. The van der Waals surface area contributed by atoms with Crippen molar-refractivity contribution in [3.05, 3.63) is 35.3 Å². The predicted octanol–water partition coefficient (Wildman–Crippen LogP) is 2.16. The summed E-state index contributed by atoms with van der Waals surface area (Å²) in [7, 11) is 0. The molecule has 1 aromatic carbocycles. The Morgan fingerprint density at radius 2 is 2.18 bits per heavy atom. The molecular formula is C12H11N3OS. The Bertz CT molecular complexity index is 487. The van der Waals surface area contributed by atoms with Gasteiger partial charge in [0, 0.05) is 6.54 Å². The van der Waals surface area contributed by atoms with Crippen LogP contribution in [0.15, 0.2) is 29.8 Å². The van der Waals surface area contributed by atoms with Crippen LogP contribution in [0, 0.1) is 12.3 Å². The molecule has 0 atom stereocenters. The Hall–Kier alpha value is -2.06. The molecule has 86 valence electrons. The van der Waals surface area contributed by atoms with Crippen LogP contribution in [-0.2, 0) is 6.54 Å². The van der Waals surface area contributed by atoms with Crippen LogP contribution < -0.4 is 10.1 Å². The molecule has 0 radical (unpaired) electrons. The summed E-state index contributed by atoms with van der Waals surface area (Å²) in [5.74, 6) is 3.21. The van der Waals surface area contributed by atoms with E-state index in [-0.39, 0.29) is 0 Å². The molecule has 0 amide bonds. The first-order valence-corrected chi connectivity index (χ1v) is 5.91. The summed E-state index contributed by atoms with van der Waals surface area (Å²) in [4.78, 5) is 0. The maximum atomic E-state index is 5.28. The molecule has 0 aliphatic heterocycles. The second kappa shape index (κ2) is 5.87. The molecule has 0 unspecified atom stereocenters. The van der Waals surface area contributed by atoms with Gasteiger partial charge in [-0.3, -0.25) is 0 Å². The Morgan fingerprint density at radius 1 is 1.35 bits per heavy atom. The van der Waals surface area contributed by atoms with E-state index in [4.69, 9.17) is 11.2 Å². The lowest BCUT2D eigenvalue weighted by molar-refractivity contribution is 0.370. The molecule has 1 heterocycles. The number of hydrogen-bond acceptors (Lipinski definition) is 5. The summed E-state index contributed by atoms with van der Waals surface area (Å²) in [5.41, 5.74) is 2.84. The van der Waals surface area contributed by atoms with Crippen molar-refractivity contribution in [1.29, 1.82) is 0 Å². The van der Waals surface area contributed by atoms with E-state index in [0.29, 0.717) is 13.2 Å². The van der Waals surface area contributed by atoms with Gasteiger partial charge in [0.1, 0.15) is 17.9 Å². The van der Waals surface area contributed by atoms with E-state index in [1.54, 1.807) is 5.51 Å². The van der Waals surface area contributed by atoms with Crippen molar-refractivity contribution in [1.82, 2.24) is 10.2 Å². The minimum atomic E-state index is 0.294. The molecule has 0 bridgehead atoms. The molecule has 0 aliphatic carbocycles. The molecule has 0 aliphatic rings. The molecular weight excluding hydrogens is 234 g/mol. The van der Waals surface area contributed by atoms with Crippen molar-refractivity contribution in [3.8, 4) is 18.1 Å². The van der Waals surface area contributed by atoms with E-state index >= 15 is 0 Å². The highest BCUT2D eigenvalue weighted by Crippen LogP contribution is 2.14. The minimum Gasteiger partial charge on any atom is -0.481 e. The molecule has 5 heteroatoms. The van der Waals surface area contributed by atoms with Crippen LogP contribution in [0.4, 0.5) is 5.13 Å². The van der Waals surface area contributed by atoms with Crippen LogP contribution >= 0.6 is 11.3 Å². The average molecular weight is 245 g/mol.